The van der Waals surface area contributed by atoms with Crippen molar-refractivity contribution in [3.8, 4) is 0 Å². The zero-order valence-electron chi connectivity index (χ0n) is 12.6. The highest BCUT2D eigenvalue weighted by Gasteiger charge is 2.17. The first kappa shape index (κ1) is 16.0. The summed E-state index contributed by atoms with van der Waals surface area (Å²) in [4.78, 5) is 17.5. The molecule has 0 aromatic carbocycles. The molecule has 2 N–H and O–H groups in total. The van der Waals surface area contributed by atoms with Crippen molar-refractivity contribution in [2.45, 2.75) is 39.2 Å². The summed E-state index contributed by atoms with van der Waals surface area (Å²) in [7, 11) is 0. The highest BCUT2D eigenvalue weighted by molar-refractivity contribution is 7.10. The number of carbonyl (C=O) groups excluding carboxylic acids is 1. The van der Waals surface area contributed by atoms with E-state index in [1.54, 1.807) is 22.7 Å². The van der Waals surface area contributed by atoms with E-state index in [0.717, 1.165) is 17.1 Å². The second-order valence-corrected chi connectivity index (χ2v) is 7.79. The van der Waals surface area contributed by atoms with E-state index in [2.05, 4.69) is 47.8 Å². The van der Waals surface area contributed by atoms with E-state index in [9.17, 15) is 4.79 Å². The minimum absolute atomic E-state index is 0.0533. The summed E-state index contributed by atoms with van der Waals surface area (Å²) in [6, 6.07) is 3.96. The Morgan fingerprint density at radius 2 is 2.10 bits per heavy atom. The molecule has 2 aromatic rings. The number of aromatic nitrogens is 1. The average Bonchev–Trinajstić information content (AvgIpc) is 3.06. The van der Waals surface area contributed by atoms with Crippen molar-refractivity contribution in [1.29, 1.82) is 0 Å². The molecule has 0 aliphatic rings. The minimum Gasteiger partial charge on any atom is -0.338 e. The largest absolute Gasteiger partial charge is 0.338 e. The summed E-state index contributed by atoms with van der Waals surface area (Å²) in [5.74, 6) is 0. The molecule has 2 aromatic heterocycles. The first-order valence-corrected chi connectivity index (χ1v) is 8.70. The smallest absolute Gasteiger partial charge is 0.315 e. The topological polar surface area (TPSA) is 54.0 Å². The Labute approximate surface area is 133 Å². The summed E-state index contributed by atoms with van der Waals surface area (Å²) in [6.45, 7) is 7.53. The van der Waals surface area contributed by atoms with Crippen LogP contribution in [-0.4, -0.2) is 17.6 Å². The molecule has 0 aliphatic carbocycles. The van der Waals surface area contributed by atoms with Gasteiger partial charge in [0.1, 0.15) is 5.01 Å². The number of carbonyl (C=O) groups is 1. The second-order valence-electron chi connectivity index (χ2n) is 5.82. The van der Waals surface area contributed by atoms with Gasteiger partial charge < -0.3 is 10.6 Å². The molecule has 0 aliphatic heterocycles. The zero-order chi connectivity index (χ0) is 15.3. The van der Waals surface area contributed by atoms with E-state index in [1.165, 1.54) is 4.88 Å². The molecule has 0 saturated heterocycles. The fourth-order valence-corrected chi connectivity index (χ4v) is 3.38. The Hall–Kier alpha value is -1.40. The molecule has 4 nitrogen and oxygen atoms in total. The van der Waals surface area contributed by atoms with Crippen molar-refractivity contribution in [3.63, 3.8) is 0 Å². The number of rotatable bonds is 5. The Kier molecular flexibility index (Phi) is 5.36. The lowest BCUT2D eigenvalue weighted by atomic mass is 9.93. The van der Waals surface area contributed by atoms with E-state index >= 15 is 0 Å². The van der Waals surface area contributed by atoms with Crippen LogP contribution < -0.4 is 10.6 Å². The van der Waals surface area contributed by atoms with Crippen molar-refractivity contribution in [2.75, 3.05) is 6.54 Å². The third-order valence-corrected chi connectivity index (χ3v) is 4.74. The van der Waals surface area contributed by atoms with Crippen LogP contribution in [0.15, 0.2) is 22.9 Å². The van der Waals surface area contributed by atoms with Gasteiger partial charge in [-0.2, -0.15) is 0 Å². The van der Waals surface area contributed by atoms with Gasteiger partial charge in [-0.1, -0.05) is 26.8 Å². The van der Waals surface area contributed by atoms with Gasteiger partial charge in [0.25, 0.3) is 0 Å². The lowest BCUT2D eigenvalue weighted by Gasteiger charge is -2.14. The molecule has 0 saturated carbocycles. The normalized spacial score (nSPS) is 11.4. The number of hydrogen-bond acceptors (Lipinski definition) is 4. The van der Waals surface area contributed by atoms with Crippen LogP contribution in [0.4, 0.5) is 4.79 Å². The molecule has 2 amide bonds. The van der Waals surface area contributed by atoms with Gasteiger partial charge >= 0.3 is 6.03 Å². The van der Waals surface area contributed by atoms with Crippen molar-refractivity contribution in [2.24, 2.45) is 0 Å². The third kappa shape index (κ3) is 5.13. The van der Waals surface area contributed by atoms with Crippen LogP contribution in [0.3, 0.4) is 0 Å². The SMILES string of the molecule is CC(C)(C)c1csc(CNC(=O)NCCc2cccs2)n1. The fourth-order valence-electron chi connectivity index (χ4n) is 1.71. The third-order valence-electron chi connectivity index (χ3n) is 2.96. The van der Waals surface area contributed by atoms with Crippen molar-refractivity contribution < 1.29 is 4.79 Å². The molecule has 2 rings (SSSR count). The van der Waals surface area contributed by atoms with Gasteiger partial charge in [-0.3, -0.25) is 0 Å². The minimum atomic E-state index is -0.140. The Morgan fingerprint density at radius 3 is 2.71 bits per heavy atom. The van der Waals surface area contributed by atoms with Crippen molar-refractivity contribution in [3.05, 3.63) is 38.5 Å². The number of thiazole rings is 1. The van der Waals surface area contributed by atoms with Crippen LogP contribution in [0.25, 0.3) is 0 Å². The summed E-state index contributed by atoms with van der Waals surface area (Å²) >= 11 is 3.30. The van der Waals surface area contributed by atoms with Crippen LogP contribution in [0, 0.1) is 0 Å². The number of urea groups is 1. The predicted molar refractivity (Wildman–Crippen MR) is 89.1 cm³/mol. The standard InChI is InChI=1S/C15H21N3OS2/c1-15(2,3)12-10-21-13(18-12)9-17-14(19)16-7-6-11-5-4-8-20-11/h4-5,8,10H,6-7,9H2,1-3H3,(H2,16,17,19). The molecule has 0 unspecified atom stereocenters. The van der Waals surface area contributed by atoms with Gasteiger partial charge in [-0.05, 0) is 17.9 Å². The van der Waals surface area contributed by atoms with E-state index in [-0.39, 0.29) is 11.4 Å². The summed E-state index contributed by atoms with van der Waals surface area (Å²) in [5, 5.41) is 10.8. The quantitative estimate of drug-likeness (QED) is 0.884. The van der Waals surface area contributed by atoms with Crippen LogP contribution in [-0.2, 0) is 18.4 Å². The number of thiophene rings is 1. The highest BCUT2D eigenvalue weighted by atomic mass is 32.1. The van der Waals surface area contributed by atoms with E-state index in [4.69, 9.17) is 0 Å². The Bertz CT molecular complexity index is 570. The Morgan fingerprint density at radius 1 is 1.29 bits per heavy atom. The highest BCUT2D eigenvalue weighted by Crippen LogP contribution is 2.23. The molecular formula is C15H21N3OS2. The Balaban J connectivity index is 1.70. The predicted octanol–water partition coefficient (Wildman–Crippen LogP) is 3.54. The fraction of sp³-hybridized carbons (Fsp3) is 0.467. The lowest BCUT2D eigenvalue weighted by Crippen LogP contribution is -2.36. The number of nitrogens with one attached hydrogen (secondary N) is 2. The van der Waals surface area contributed by atoms with Gasteiger partial charge in [-0.15, -0.1) is 22.7 Å². The maximum Gasteiger partial charge on any atom is 0.315 e. The van der Waals surface area contributed by atoms with Crippen molar-refractivity contribution >= 4 is 28.7 Å². The van der Waals surface area contributed by atoms with Gasteiger partial charge in [0.05, 0.1) is 12.2 Å². The van der Waals surface area contributed by atoms with Gasteiger partial charge in [0.15, 0.2) is 0 Å². The van der Waals surface area contributed by atoms with Crippen LogP contribution >= 0.6 is 22.7 Å². The maximum absolute atomic E-state index is 11.7. The molecule has 2 heterocycles. The first-order chi connectivity index (χ1) is 9.95. The molecule has 0 atom stereocenters. The summed E-state index contributed by atoms with van der Waals surface area (Å²) in [5.41, 5.74) is 1.12. The molecule has 0 bridgehead atoms. The lowest BCUT2D eigenvalue weighted by molar-refractivity contribution is 0.240. The number of nitrogens with zero attached hydrogens (tertiary/aromatic N) is 1. The molecule has 0 radical (unpaired) electrons. The van der Waals surface area contributed by atoms with Gasteiger partial charge in [-0.25, -0.2) is 9.78 Å². The zero-order valence-corrected chi connectivity index (χ0v) is 14.2. The maximum atomic E-state index is 11.7. The number of hydrogen-bond donors (Lipinski definition) is 2. The summed E-state index contributed by atoms with van der Waals surface area (Å²) < 4.78 is 0. The van der Waals surface area contributed by atoms with E-state index in [1.807, 2.05) is 11.4 Å². The van der Waals surface area contributed by atoms with Crippen LogP contribution in [0.2, 0.25) is 0 Å². The van der Waals surface area contributed by atoms with Gasteiger partial charge in [0.2, 0.25) is 0 Å². The van der Waals surface area contributed by atoms with Crippen molar-refractivity contribution in [1.82, 2.24) is 15.6 Å². The van der Waals surface area contributed by atoms with Gasteiger partial charge in [0, 0.05) is 22.2 Å². The first-order valence-electron chi connectivity index (χ1n) is 6.94. The van der Waals surface area contributed by atoms with E-state index < -0.39 is 0 Å². The molecule has 0 fully saturated rings. The summed E-state index contributed by atoms with van der Waals surface area (Å²) in [6.07, 6.45) is 0.872. The average molecular weight is 323 g/mol. The van der Waals surface area contributed by atoms with Crippen LogP contribution in [0.5, 0.6) is 0 Å². The number of amides is 2. The van der Waals surface area contributed by atoms with E-state index in [0.29, 0.717) is 13.1 Å². The second kappa shape index (κ2) is 7.04. The van der Waals surface area contributed by atoms with Crippen LogP contribution in [0.1, 0.15) is 36.3 Å². The molecule has 21 heavy (non-hydrogen) atoms. The molecule has 6 heteroatoms. The molecular weight excluding hydrogens is 302 g/mol. The molecule has 114 valence electrons. The monoisotopic (exact) mass is 323 g/mol. The molecule has 0 spiro atoms.